The number of nitrogens with one attached hydrogen (secondary N) is 1. The van der Waals surface area contributed by atoms with Gasteiger partial charge in [0.2, 0.25) is 5.91 Å². The molecule has 2 aliphatic rings. The minimum atomic E-state index is -0.0339. The lowest BCUT2D eigenvalue weighted by Gasteiger charge is -2.27. The van der Waals surface area contributed by atoms with E-state index in [9.17, 15) is 9.59 Å². The fourth-order valence-electron chi connectivity index (χ4n) is 3.53. The minimum Gasteiger partial charge on any atom is -0.339 e. The zero-order chi connectivity index (χ0) is 17.1. The number of carbonyl (C=O) groups excluding carboxylic acids is 2. The summed E-state index contributed by atoms with van der Waals surface area (Å²) < 4.78 is 0. The van der Waals surface area contributed by atoms with E-state index in [1.807, 2.05) is 4.90 Å². The van der Waals surface area contributed by atoms with Gasteiger partial charge in [0, 0.05) is 30.7 Å². The molecule has 0 spiro atoms. The van der Waals surface area contributed by atoms with Gasteiger partial charge in [0.25, 0.3) is 5.91 Å². The summed E-state index contributed by atoms with van der Waals surface area (Å²) in [6.07, 6.45) is 5.70. The highest BCUT2D eigenvalue weighted by atomic mass is 35.5. The highest BCUT2D eigenvalue weighted by molar-refractivity contribution is 6.34. The highest BCUT2D eigenvalue weighted by Crippen LogP contribution is 2.27. The third-order valence-corrected chi connectivity index (χ3v) is 5.27. The Labute approximate surface area is 159 Å². The molecule has 1 aromatic rings. The Kier molecular flexibility index (Phi) is 7.11. The van der Waals surface area contributed by atoms with Gasteiger partial charge >= 0.3 is 0 Å². The molecule has 0 aromatic heterocycles. The van der Waals surface area contributed by atoms with Crippen molar-refractivity contribution >= 4 is 41.5 Å². The Balaban J connectivity index is 0.00000225. The number of amides is 2. The number of nitrogens with zero attached hydrogens (tertiary/aromatic N) is 1. The summed E-state index contributed by atoms with van der Waals surface area (Å²) in [6.45, 7) is 1.57. The molecular formula is C18H25Cl2N3O2. The Bertz CT molecular complexity index is 633. The number of hydrogen-bond acceptors (Lipinski definition) is 3. The molecule has 1 saturated heterocycles. The SMILES string of the molecule is Cl.NC1CCC(C(=O)Nc2ccc(C(=O)N3CCCCC3)c(Cl)c2)C1. The van der Waals surface area contributed by atoms with Crippen LogP contribution in [-0.2, 0) is 4.79 Å². The fraction of sp³-hybridized carbons (Fsp3) is 0.556. The molecule has 25 heavy (non-hydrogen) atoms. The average Bonchev–Trinajstić information content (AvgIpc) is 3.02. The molecule has 2 unspecified atom stereocenters. The molecule has 138 valence electrons. The van der Waals surface area contributed by atoms with Crippen molar-refractivity contribution in [1.29, 1.82) is 0 Å². The predicted molar refractivity (Wildman–Crippen MR) is 102 cm³/mol. The first-order valence-electron chi connectivity index (χ1n) is 8.70. The molecule has 1 aliphatic carbocycles. The van der Waals surface area contributed by atoms with Crippen LogP contribution in [0, 0.1) is 5.92 Å². The minimum absolute atomic E-state index is 0. The molecule has 1 saturated carbocycles. The molecule has 0 bridgehead atoms. The number of likely N-dealkylation sites (tertiary alicyclic amines) is 1. The zero-order valence-corrected chi connectivity index (χ0v) is 15.7. The van der Waals surface area contributed by atoms with E-state index in [2.05, 4.69) is 5.32 Å². The second-order valence-electron chi connectivity index (χ2n) is 6.81. The second kappa shape index (κ2) is 8.88. The van der Waals surface area contributed by atoms with E-state index < -0.39 is 0 Å². The smallest absolute Gasteiger partial charge is 0.255 e. The van der Waals surface area contributed by atoms with Crippen molar-refractivity contribution in [1.82, 2.24) is 4.90 Å². The number of nitrogens with two attached hydrogens (primary N) is 1. The van der Waals surface area contributed by atoms with Crippen LogP contribution in [0.4, 0.5) is 5.69 Å². The highest BCUT2D eigenvalue weighted by Gasteiger charge is 2.28. The third kappa shape index (κ3) is 4.87. The topological polar surface area (TPSA) is 75.4 Å². The first-order chi connectivity index (χ1) is 11.5. The number of rotatable bonds is 3. The molecule has 2 atom stereocenters. The Morgan fingerprint density at radius 3 is 2.48 bits per heavy atom. The third-order valence-electron chi connectivity index (χ3n) is 4.95. The van der Waals surface area contributed by atoms with Gasteiger partial charge in [0.05, 0.1) is 10.6 Å². The maximum absolute atomic E-state index is 12.5. The van der Waals surface area contributed by atoms with Crippen LogP contribution >= 0.6 is 24.0 Å². The summed E-state index contributed by atoms with van der Waals surface area (Å²) in [7, 11) is 0. The van der Waals surface area contributed by atoms with Crippen LogP contribution in [-0.4, -0.2) is 35.8 Å². The molecule has 5 nitrogen and oxygen atoms in total. The summed E-state index contributed by atoms with van der Waals surface area (Å²) in [4.78, 5) is 26.6. The molecule has 1 aliphatic heterocycles. The largest absolute Gasteiger partial charge is 0.339 e. The lowest BCUT2D eigenvalue weighted by Crippen LogP contribution is -2.35. The lowest BCUT2D eigenvalue weighted by molar-refractivity contribution is -0.119. The summed E-state index contributed by atoms with van der Waals surface area (Å²) >= 11 is 6.29. The van der Waals surface area contributed by atoms with E-state index in [4.69, 9.17) is 17.3 Å². The first kappa shape index (κ1) is 20.0. The normalized spacial score (nSPS) is 23.0. The molecule has 0 radical (unpaired) electrons. The van der Waals surface area contributed by atoms with Crippen LogP contribution in [0.25, 0.3) is 0 Å². The van der Waals surface area contributed by atoms with Gasteiger partial charge in [-0.2, -0.15) is 0 Å². The molecule has 1 aromatic carbocycles. The summed E-state index contributed by atoms with van der Waals surface area (Å²) in [5.41, 5.74) is 6.99. The Morgan fingerprint density at radius 1 is 1.16 bits per heavy atom. The average molecular weight is 386 g/mol. The van der Waals surface area contributed by atoms with Crippen LogP contribution in [0.5, 0.6) is 0 Å². The van der Waals surface area contributed by atoms with Gasteiger partial charge in [-0.15, -0.1) is 12.4 Å². The van der Waals surface area contributed by atoms with Crippen molar-refractivity contribution in [3.05, 3.63) is 28.8 Å². The number of piperidine rings is 1. The van der Waals surface area contributed by atoms with Crippen molar-refractivity contribution in [2.45, 2.75) is 44.6 Å². The van der Waals surface area contributed by atoms with E-state index in [1.54, 1.807) is 18.2 Å². The molecule has 2 amide bonds. The van der Waals surface area contributed by atoms with Crippen molar-refractivity contribution in [3.63, 3.8) is 0 Å². The van der Waals surface area contributed by atoms with Crippen LogP contribution in [0.3, 0.4) is 0 Å². The molecule has 7 heteroatoms. The Morgan fingerprint density at radius 2 is 1.88 bits per heavy atom. The quantitative estimate of drug-likeness (QED) is 0.836. The molecule has 3 rings (SSSR count). The zero-order valence-electron chi connectivity index (χ0n) is 14.2. The van der Waals surface area contributed by atoms with Gasteiger partial charge < -0.3 is 16.0 Å². The molecular weight excluding hydrogens is 361 g/mol. The number of hydrogen-bond donors (Lipinski definition) is 2. The van der Waals surface area contributed by atoms with Gasteiger partial charge in [-0.05, 0) is 56.7 Å². The maximum atomic E-state index is 12.5. The van der Waals surface area contributed by atoms with Gasteiger partial charge in [0.1, 0.15) is 0 Å². The van der Waals surface area contributed by atoms with Gasteiger partial charge in [-0.1, -0.05) is 11.6 Å². The number of anilines is 1. The fourth-order valence-corrected chi connectivity index (χ4v) is 3.79. The van der Waals surface area contributed by atoms with Crippen LogP contribution < -0.4 is 11.1 Å². The molecule has 1 heterocycles. The van der Waals surface area contributed by atoms with Crippen LogP contribution in [0.2, 0.25) is 5.02 Å². The summed E-state index contributed by atoms with van der Waals surface area (Å²) in [5, 5.41) is 3.27. The summed E-state index contributed by atoms with van der Waals surface area (Å²) in [5.74, 6) is -0.0816. The Hall–Kier alpha value is -1.30. The van der Waals surface area contributed by atoms with Gasteiger partial charge in [-0.3, -0.25) is 9.59 Å². The number of halogens is 2. The van der Waals surface area contributed by atoms with E-state index in [0.717, 1.165) is 45.2 Å². The van der Waals surface area contributed by atoms with Crippen molar-refractivity contribution in [2.75, 3.05) is 18.4 Å². The van der Waals surface area contributed by atoms with Crippen molar-refractivity contribution < 1.29 is 9.59 Å². The monoisotopic (exact) mass is 385 g/mol. The van der Waals surface area contributed by atoms with Gasteiger partial charge in [-0.25, -0.2) is 0 Å². The number of carbonyl (C=O) groups is 2. The van der Waals surface area contributed by atoms with Crippen molar-refractivity contribution in [3.8, 4) is 0 Å². The van der Waals surface area contributed by atoms with E-state index in [-0.39, 0.29) is 36.2 Å². The number of benzene rings is 1. The van der Waals surface area contributed by atoms with E-state index >= 15 is 0 Å². The maximum Gasteiger partial charge on any atom is 0.255 e. The van der Waals surface area contributed by atoms with E-state index in [0.29, 0.717) is 16.3 Å². The second-order valence-corrected chi connectivity index (χ2v) is 7.21. The standard InChI is InChI=1S/C18H24ClN3O2.ClH/c19-16-11-14(21-17(23)12-4-5-13(20)10-12)6-7-15(16)18(24)22-8-2-1-3-9-22;/h6-7,11-13H,1-5,8-10,20H2,(H,21,23);1H. The lowest BCUT2D eigenvalue weighted by atomic mass is 10.1. The first-order valence-corrected chi connectivity index (χ1v) is 9.07. The summed E-state index contributed by atoms with van der Waals surface area (Å²) in [6, 6.07) is 5.23. The van der Waals surface area contributed by atoms with Crippen LogP contribution in [0.1, 0.15) is 48.9 Å². The van der Waals surface area contributed by atoms with E-state index in [1.165, 1.54) is 6.42 Å². The van der Waals surface area contributed by atoms with Crippen molar-refractivity contribution in [2.24, 2.45) is 11.7 Å². The molecule has 2 fully saturated rings. The molecule has 3 N–H and O–H groups in total. The predicted octanol–water partition coefficient (Wildman–Crippen LogP) is 3.45. The van der Waals surface area contributed by atoms with Gasteiger partial charge in [0.15, 0.2) is 0 Å². The van der Waals surface area contributed by atoms with Crippen LogP contribution in [0.15, 0.2) is 18.2 Å².